The van der Waals surface area contributed by atoms with Crippen LogP contribution in [0.2, 0.25) is 0 Å². The van der Waals surface area contributed by atoms with Gasteiger partial charge in [0.15, 0.2) is 11.6 Å². The molecule has 1 fully saturated rings. The molecule has 1 atom stereocenters. The molecule has 2 amide bonds. The van der Waals surface area contributed by atoms with Gasteiger partial charge in [-0.2, -0.15) is 8.78 Å². The fourth-order valence-electron chi connectivity index (χ4n) is 3.19. The molecule has 0 saturated carbocycles. The predicted molar refractivity (Wildman–Crippen MR) is 99.5 cm³/mol. The van der Waals surface area contributed by atoms with Crippen molar-refractivity contribution < 1.29 is 32.6 Å². The first-order valence-electron chi connectivity index (χ1n) is 8.68. The van der Waals surface area contributed by atoms with Gasteiger partial charge >= 0.3 is 5.92 Å². The second-order valence-corrected chi connectivity index (χ2v) is 7.97. The van der Waals surface area contributed by atoms with Crippen molar-refractivity contribution in [3.8, 4) is 28.8 Å². The lowest BCUT2D eigenvalue weighted by Crippen LogP contribution is -2.37. The number of carbonyl (C=O) groups is 2. The largest absolute Gasteiger partial charge is 0.486 e. The molecule has 0 aliphatic carbocycles. The molecule has 0 radical (unpaired) electrons. The highest BCUT2D eigenvalue weighted by molar-refractivity contribution is 7.14. The van der Waals surface area contributed by atoms with Crippen LogP contribution >= 0.6 is 11.3 Å². The number of thiazole rings is 1. The highest BCUT2D eigenvalue weighted by Gasteiger charge is 2.43. The Labute approximate surface area is 172 Å². The van der Waals surface area contributed by atoms with Crippen LogP contribution < -0.4 is 10.5 Å². The SMILES string of the molecule is CN1CC[C@@](O)(C#Cc2cc3c(cc2F)OCC(F)(F)c2sc(C(N)=O)nc2-3)C1=O. The van der Waals surface area contributed by atoms with Crippen LogP contribution in [0.15, 0.2) is 12.1 Å². The normalized spacial score (nSPS) is 21.8. The minimum absolute atomic E-state index is 0.00141. The van der Waals surface area contributed by atoms with E-state index < -0.39 is 40.6 Å². The zero-order chi connectivity index (χ0) is 21.8. The average Bonchev–Trinajstić information content (AvgIpc) is 3.22. The minimum Gasteiger partial charge on any atom is -0.486 e. The number of ether oxygens (including phenoxy) is 1. The molecular formula is C19H14F3N3O4S. The van der Waals surface area contributed by atoms with E-state index in [-0.39, 0.29) is 40.5 Å². The van der Waals surface area contributed by atoms with E-state index in [1.165, 1.54) is 11.9 Å². The number of primary amides is 1. The fourth-order valence-corrected chi connectivity index (χ4v) is 4.08. The number of nitrogens with two attached hydrogens (primary N) is 1. The maximum absolute atomic E-state index is 14.5. The maximum atomic E-state index is 14.5. The van der Waals surface area contributed by atoms with Crippen molar-refractivity contribution in [1.82, 2.24) is 9.88 Å². The summed E-state index contributed by atoms with van der Waals surface area (Å²) in [4.78, 5) is 28.1. The van der Waals surface area contributed by atoms with E-state index in [2.05, 4.69) is 16.8 Å². The Kier molecular flexibility index (Phi) is 4.52. The third kappa shape index (κ3) is 3.18. The predicted octanol–water partition coefficient (Wildman–Crippen LogP) is 1.48. The average molecular weight is 437 g/mol. The van der Waals surface area contributed by atoms with E-state index in [1.807, 2.05) is 0 Å². The summed E-state index contributed by atoms with van der Waals surface area (Å²) in [6, 6.07) is 2.01. The number of likely N-dealkylation sites (tertiary alicyclic amines) is 1. The Morgan fingerprint density at radius 2 is 2.17 bits per heavy atom. The van der Waals surface area contributed by atoms with Gasteiger partial charge < -0.3 is 20.5 Å². The molecular weight excluding hydrogens is 423 g/mol. The Balaban J connectivity index is 1.84. The van der Waals surface area contributed by atoms with Crippen molar-refractivity contribution in [1.29, 1.82) is 0 Å². The topological polar surface area (TPSA) is 106 Å². The van der Waals surface area contributed by atoms with Crippen LogP contribution in [-0.4, -0.2) is 52.6 Å². The molecule has 1 saturated heterocycles. The van der Waals surface area contributed by atoms with E-state index in [0.717, 1.165) is 12.1 Å². The third-order valence-corrected chi connectivity index (χ3v) is 6.00. The first-order valence-corrected chi connectivity index (χ1v) is 9.50. The monoisotopic (exact) mass is 437 g/mol. The van der Waals surface area contributed by atoms with E-state index >= 15 is 0 Å². The summed E-state index contributed by atoms with van der Waals surface area (Å²) >= 11 is 0.435. The lowest BCUT2D eigenvalue weighted by Gasteiger charge is -2.13. The Hall–Kier alpha value is -3.10. The molecule has 1 aromatic heterocycles. The van der Waals surface area contributed by atoms with Crippen molar-refractivity contribution in [3.63, 3.8) is 0 Å². The molecule has 2 aliphatic heterocycles. The maximum Gasteiger partial charge on any atom is 0.317 e. The Bertz CT molecular complexity index is 1150. The quantitative estimate of drug-likeness (QED) is 0.658. The number of aliphatic hydroxyl groups is 1. The number of hydrogen-bond acceptors (Lipinski definition) is 6. The number of aromatic nitrogens is 1. The highest BCUT2D eigenvalue weighted by Crippen LogP contribution is 2.46. The van der Waals surface area contributed by atoms with Gasteiger partial charge in [-0.25, -0.2) is 9.37 Å². The number of benzene rings is 1. The molecule has 11 heteroatoms. The van der Waals surface area contributed by atoms with E-state index in [4.69, 9.17) is 10.5 Å². The summed E-state index contributed by atoms with van der Waals surface area (Å²) in [5.74, 6) is -1.35. The summed E-state index contributed by atoms with van der Waals surface area (Å²) < 4.78 is 48.6. The van der Waals surface area contributed by atoms with Crippen molar-refractivity contribution in [2.24, 2.45) is 5.73 Å². The summed E-state index contributed by atoms with van der Waals surface area (Å²) in [5.41, 5.74) is 2.70. The van der Waals surface area contributed by atoms with Crippen molar-refractivity contribution >= 4 is 23.2 Å². The number of fused-ring (bicyclic) bond motifs is 3. The van der Waals surface area contributed by atoms with Crippen LogP contribution in [0.1, 0.15) is 26.7 Å². The highest BCUT2D eigenvalue weighted by atomic mass is 32.1. The molecule has 3 N–H and O–H groups in total. The van der Waals surface area contributed by atoms with Crippen molar-refractivity contribution in [2.75, 3.05) is 20.2 Å². The standard InChI is InChI=1S/C19H14F3N3O4S/c1-25-5-4-18(28,17(25)27)3-2-9-6-10-12(7-11(9)20)29-8-19(21,22)14-13(10)24-16(30-14)15(23)26/h6-7,28H,4-5,8H2,1H3,(H2,23,26)/t18-/m0/s1. The first-order chi connectivity index (χ1) is 14.0. The molecule has 3 heterocycles. The van der Waals surface area contributed by atoms with Gasteiger partial charge in [0, 0.05) is 31.6 Å². The van der Waals surface area contributed by atoms with Gasteiger partial charge in [-0.1, -0.05) is 11.8 Å². The van der Waals surface area contributed by atoms with Gasteiger partial charge in [0.25, 0.3) is 11.8 Å². The van der Waals surface area contributed by atoms with Gasteiger partial charge in [0.2, 0.25) is 5.60 Å². The zero-order valence-corrected chi connectivity index (χ0v) is 16.3. The number of likely N-dealkylation sites (N-methyl/N-ethyl adjacent to an activating group) is 1. The summed E-state index contributed by atoms with van der Waals surface area (Å²) in [7, 11) is 1.50. The van der Waals surface area contributed by atoms with Crippen LogP contribution in [0.25, 0.3) is 11.3 Å². The van der Waals surface area contributed by atoms with Crippen LogP contribution in [0.5, 0.6) is 5.75 Å². The number of rotatable bonds is 1. The number of amides is 2. The van der Waals surface area contributed by atoms with Crippen LogP contribution in [0.3, 0.4) is 0 Å². The molecule has 1 aromatic carbocycles. The van der Waals surface area contributed by atoms with Crippen LogP contribution in [-0.2, 0) is 10.7 Å². The lowest BCUT2D eigenvalue weighted by molar-refractivity contribution is -0.137. The summed E-state index contributed by atoms with van der Waals surface area (Å²) in [6.07, 6.45) is 0.0510. The number of nitrogens with zero attached hydrogens (tertiary/aromatic N) is 2. The van der Waals surface area contributed by atoms with E-state index in [0.29, 0.717) is 11.3 Å². The van der Waals surface area contributed by atoms with Crippen molar-refractivity contribution in [3.05, 3.63) is 33.4 Å². The van der Waals surface area contributed by atoms with Gasteiger partial charge in [0.1, 0.15) is 16.4 Å². The minimum atomic E-state index is -3.47. The molecule has 0 unspecified atom stereocenters. The van der Waals surface area contributed by atoms with Crippen LogP contribution in [0.4, 0.5) is 13.2 Å². The van der Waals surface area contributed by atoms with Gasteiger partial charge in [-0.3, -0.25) is 9.59 Å². The smallest absolute Gasteiger partial charge is 0.317 e. The number of alkyl halides is 2. The molecule has 30 heavy (non-hydrogen) atoms. The molecule has 4 rings (SSSR count). The zero-order valence-electron chi connectivity index (χ0n) is 15.5. The second kappa shape index (κ2) is 6.72. The molecule has 2 aromatic rings. The molecule has 7 nitrogen and oxygen atoms in total. The lowest BCUT2D eigenvalue weighted by atomic mass is 10.0. The number of hydrogen-bond donors (Lipinski definition) is 2. The Morgan fingerprint density at radius 1 is 1.43 bits per heavy atom. The summed E-state index contributed by atoms with van der Waals surface area (Å²) in [5, 5.41) is 10.1. The molecule has 0 bridgehead atoms. The van der Waals surface area contributed by atoms with Crippen LogP contribution in [0, 0.1) is 17.7 Å². The number of halogens is 3. The van der Waals surface area contributed by atoms with Gasteiger partial charge in [0.05, 0.1) is 11.3 Å². The van der Waals surface area contributed by atoms with E-state index in [1.54, 1.807) is 0 Å². The van der Waals surface area contributed by atoms with Gasteiger partial charge in [-0.15, -0.1) is 11.3 Å². The first kappa shape index (κ1) is 20.2. The molecule has 156 valence electrons. The fraction of sp³-hybridized carbons (Fsp3) is 0.316. The van der Waals surface area contributed by atoms with E-state index in [9.17, 15) is 27.9 Å². The second-order valence-electron chi connectivity index (χ2n) is 6.97. The summed E-state index contributed by atoms with van der Waals surface area (Å²) in [6.45, 7) is -0.782. The third-order valence-electron chi connectivity index (χ3n) is 4.82. The van der Waals surface area contributed by atoms with Gasteiger partial charge in [-0.05, 0) is 6.07 Å². The molecule has 2 aliphatic rings. The molecule has 0 spiro atoms. The Morgan fingerprint density at radius 3 is 2.80 bits per heavy atom. The van der Waals surface area contributed by atoms with Crippen molar-refractivity contribution in [2.45, 2.75) is 17.9 Å². The number of carbonyl (C=O) groups excluding carboxylic acids is 2.